The number of nitrogens with one attached hydrogen (secondary N) is 2. The normalized spacial score (nSPS) is 42.8. The van der Waals surface area contributed by atoms with Gasteiger partial charge >= 0.3 is 0 Å². The first-order chi connectivity index (χ1) is 7.31. The smallest absolute Gasteiger partial charge is 0.0125 e. The summed E-state index contributed by atoms with van der Waals surface area (Å²) in [6.07, 6.45) is 3.54. The quantitative estimate of drug-likeness (QED) is 0.486. The van der Waals surface area contributed by atoms with Crippen molar-refractivity contribution in [3.63, 3.8) is 0 Å². The molecule has 2 rings (SSSR count). The molecular formula is C11H24N4. The predicted octanol–water partition coefficient (Wildman–Crippen LogP) is -0.750. The van der Waals surface area contributed by atoms with Crippen LogP contribution in [0.15, 0.2) is 0 Å². The zero-order chi connectivity index (χ0) is 10.7. The van der Waals surface area contributed by atoms with Crippen molar-refractivity contribution in [2.24, 2.45) is 23.3 Å². The number of rotatable bonds is 2. The Bertz CT molecular complexity index is 197. The Labute approximate surface area is 92.2 Å². The number of piperidine rings is 2. The van der Waals surface area contributed by atoms with Crippen LogP contribution in [0.25, 0.3) is 0 Å². The Kier molecular flexibility index (Phi) is 3.97. The summed E-state index contributed by atoms with van der Waals surface area (Å²) in [5.74, 6) is 1.29. The summed E-state index contributed by atoms with van der Waals surface area (Å²) in [5.41, 5.74) is 11.9. The van der Waals surface area contributed by atoms with Gasteiger partial charge in [-0.2, -0.15) is 0 Å². The molecule has 2 aliphatic rings. The minimum Gasteiger partial charge on any atom is -0.330 e. The molecule has 4 heteroatoms. The highest BCUT2D eigenvalue weighted by atomic mass is 15.0. The molecule has 4 unspecified atom stereocenters. The van der Waals surface area contributed by atoms with Crippen molar-refractivity contribution < 1.29 is 0 Å². The van der Waals surface area contributed by atoms with E-state index in [0.717, 1.165) is 32.6 Å². The first kappa shape index (κ1) is 11.3. The molecule has 0 aliphatic carbocycles. The Morgan fingerprint density at radius 1 is 1.20 bits per heavy atom. The van der Waals surface area contributed by atoms with E-state index in [4.69, 9.17) is 11.5 Å². The second-order valence-electron chi connectivity index (χ2n) is 5.01. The first-order valence-corrected chi connectivity index (χ1v) is 6.21. The zero-order valence-electron chi connectivity index (χ0n) is 9.41. The molecule has 4 atom stereocenters. The van der Waals surface area contributed by atoms with E-state index >= 15 is 0 Å². The van der Waals surface area contributed by atoms with Crippen molar-refractivity contribution in [1.29, 1.82) is 0 Å². The van der Waals surface area contributed by atoms with E-state index < -0.39 is 0 Å². The number of nitrogens with two attached hydrogens (primary N) is 2. The summed E-state index contributed by atoms with van der Waals surface area (Å²) >= 11 is 0. The van der Waals surface area contributed by atoms with Crippen molar-refractivity contribution >= 4 is 0 Å². The van der Waals surface area contributed by atoms with Crippen LogP contribution in [-0.4, -0.2) is 38.3 Å². The molecule has 0 amide bonds. The zero-order valence-corrected chi connectivity index (χ0v) is 9.41. The summed E-state index contributed by atoms with van der Waals surface area (Å²) in [4.78, 5) is 0. The highest BCUT2D eigenvalue weighted by molar-refractivity contribution is 4.92. The Morgan fingerprint density at radius 3 is 2.80 bits per heavy atom. The predicted molar refractivity (Wildman–Crippen MR) is 62.5 cm³/mol. The molecule has 0 aromatic heterocycles. The van der Waals surface area contributed by atoms with Gasteiger partial charge in [0.05, 0.1) is 0 Å². The molecule has 2 aliphatic heterocycles. The van der Waals surface area contributed by atoms with Gasteiger partial charge in [-0.3, -0.25) is 0 Å². The average molecular weight is 212 g/mol. The fourth-order valence-electron chi connectivity index (χ4n) is 2.92. The summed E-state index contributed by atoms with van der Waals surface area (Å²) < 4.78 is 0. The third kappa shape index (κ3) is 2.69. The van der Waals surface area contributed by atoms with Gasteiger partial charge in [-0.25, -0.2) is 0 Å². The van der Waals surface area contributed by atoms with Crippen molar-refractivity contribution in [1.82, 2.24) is 10.6 Å². The summed E-state index contributed by atoms with van der Waals surface area (Å²) in [6, 6.07) is 0.940. The minimum atomic E-state index is 0.361. The molecule has 88 valence electrons. The molecule has 2 saturated heterocycles. The third-order valence-electron chi connectivity index (χ3n) is 3.98. The molecule has 0 saturated carbocycles. The van der Waals surface area contributed by atoms with E-state index in [9.17, 15) is 0 Å². The largest absolute Gasteiger partial charge is 0.330 e. The van der Waals surface area contributed by atoms with Crippen molar-refractivity contribution in [3.8, 4) is 0 Å². The topological polar surface area (TPSA) is 76.1 Å². The number of hydrogen-bond donors (Lipinski definition) is 4. The maximum atomic E-state index is 6.19. The van der Waals surface area contributed by atoms with Crippen LogP contribution in [0, 0.1) is 11.8 Å². The molecule has 2 heterocycles. The summed E-state index contributed by atoms with van der Waals surface area (Å²) in [5, 5.41) is 7.05. The molecule has 0 bridgehead atoms. The van der Waals surface area contributed by atoms with E-state index in [2.05, 4.69) is 10.6 Å². The van der Waals surface area contributed by atoms with Crippen LogP contribution in [0.1, 0.15) is 19.3 Å². The Morgan fingerprint density at radius 2 is 2.07 bits per heavy atom. The Hall–Kier alpha value is -0.160. The third-order valence-corrected chi connectivity index (χ3v) is 3.98. The van der Waals surface area contributed by atoms with Crippen LogP contribution in [0.5, 0.6) is 0 Å². The fourth-order valence-corrected chi connectivity index (χ4v) is 2.92. The molecule has 0 radical (unpaired) electrons. The number of hydrogen-bond acceptors (Lipinski definition) is 4. The lowest BCUT2D eigenvalue weighted by atomic mass is 9.80. The van der Waals surface area contributed by atoms with Gasteiger partial charge in [0.15, 0.2) is 0 Å². The van der Waals surface area contributed by atoms with Gasteiger partial charge in [0.2, 0.25) is 0 Å². The van der Waals surface area contributed by atoms with E-state index in [1.54, 1.807) is 0 Å². The van der Waals surface area contributed by atoms with Crippen LogP contribution in [0.2, 0.25) is 0 Å². The second-order valence-corrected chi connectivity index (χ2v) is 5.01. The maximum Gasteiger partial charge on any atom is 0.0125 e. The van der Waals surface area contributed by atoms with E-state index in [0.29, 0.717) is 23.9 Å². The summed E-state index contributed by atoms with van der Waals surface area (Å²) in [6.45, 7) is 4.07. The monoisotopic (exact) mass is 212 g/mol. The molecule has 0 spiro atoms. The molecule has 2 fully saturated rings. The van der Waals surface area contributed by atoms with Crippen LogP contribution < -0.4 is 22.1 Å². The first-order valence-electron chi connectivity index (χ1n) is 6.21. The summed E-state index contributed by atoms with van der Waals surface area (Å²) in [7, 11) is 0. The average Bonchev–Trinajstić information content (AvgIpc) is 2.30. The lowest BCUT2D eigenvalue weighted by Gasteiger charge is -2.40. The van der Waals surface area contributed by atoms with Crippen LogP contribution in [-0.2, 0) is 0 Å². The molecule has 4 nitrogen and oxygen atoms in total. The molecule has 6 N–H and O–H groups in total. The molecule has 0 aromatic carbocycles. The van der Waals surface area contributed by atoms with Gasteiger partial charge < -0.3 is 22.1 Å². The van der Waals surface area contributed by atoms with Crippen molar-refractivity contribution in [2.75, 3.05) is 26.2 Å². The lowest BCUT2D eigenvalue weighted by Crippen LogP contribution is -2.56. The second kappa shape index (κ2) is 5.25. The van der Waals surface area contributed by atoms with Gasteiger partial charge in [-0.05, 0) is 44.8 Å². The van der Waals surface area contributed by atoms with E-state index in [1.807, 2.05) is 0 Å². The van der Waals surface area contributed by atoms with Crippen molar-refractivity contribution in [3.05, 3.63) is 0 Å². The van der Waals surface area contributed by atoms with E-state index in [1.165, 1.54) is 12.8 Å². The maximum absolute atomic E-state index is 6.19. The van der Waals surface area contributed by atoms with Gasteiger partial charge in [0, 0.05) is 24.5 Å². The van der Waals surface area contributed by atoms with Crippen LogP contribution >= 0.6 is 0 Å². The van der Waals surface area contributed by atoms with Crippen molar-refractivity contribution in [2.45, 2.75) is 31.3 Å². The van der Waals surface area contributed by atoms with Gasteiger partial charge in [0.1, 0.15) is 0 Å². The van der Waals surface area contributed by atoms with Gasteiger partial charge in [-0.1, -0.05) is 0 Å². The minimum absolute atomic E-state index is 0.361. The van der Waals surface area contributed by atoms with E-state index in [-0.39, 0.29) is 0 Å². The van der Waals surface area contributed by atoms with Gasteiger partial charge in [-0.15, -0.1) is 0 Å². The SMILES string of the molecule is NCC1CCNC(C2CNCCC2N)C1. The highest BCUT2D eigenvalue weighted by Crippen LogP contribution is 2.23. The highest BCUT2D eigenvalue weighted by Gasteiger charge is 2.32. The van der Waals surface area contributed by atoms with Gasteiger partial charge in [0.25, 0.3) is 0 Å². The lowest BCUT2D eigenvalue weighted by molar-refractivity contribution is 0.190. The fraction of sp³-hybridized carbons (Fsp3) is 1.00. The standard InChI is InChI=1S/C11H24N4/c12-6-8-1-4-15-11(5-8)9-7-14-3-2-10(9)13/h8-11,14-15H,1-7,12-13H2. The van der Waals surface area contributed by atoms with Crippen LogP contribution in [0.4, 0.5) is 0 Å². The van der Waals surface area contributed by atoms with Crippen LogP contribution in [0.3, 0.4) is 0 Å². The molecular weight excluding hydrogens is 188 g/mol. The Balaban J connectivity index is 1.90. The molecule has 15 heavy (non-hydrogen) atoms. The molecule has 0 aromatic rings.